The number of amides is 1. The van der Waals surface area contributed by atoms with Crippen LogP contribution in [0.15, 0.2) is 51.8 Å². The molecule has 28 heavy (non-hydrogen) atoms. The van der Waals surface area contributed by atoms with Crippen molar-refractivity contribution in [1.29, 1.82) is 0 Å². The van der Waals surface area contributed by atoms with Gasteiger partial charge >= 0.3 is 0 Å². The molecule has 0 saturated heterocycles. The third kappa shape index (κ3) is 5.01. The molecule has 0 radical (unpaired) electrons. The van der Waals surface area contributed by atoms with Gasteiger partial charge in [0.25, 0.3) is 5.91 Å². The number of nitrogens with one attached hydrogen (secondary N) is 1. The van der Waals surface area contributed by atoms with Gasteiger partial charge in [0.05, 0.1) is 4.90 Å². The Hall–Kier alpha value is -1.70. The van der Waals surface area contributed by atoms with Crippen LogP contribution in [0.5, 0.6) is 0 Å². The summed E-state index contributed by atoms with van der Waals surface area (Å²) in [5, 5.41) is 2.81. The van der Waals surface area contributed by atoms with Gasteiger partial charge in [-0.2, -0.15) is 4.31 Å². The van der Waals surface area contributed by atoms with Crippen LogP contribution < -0.4 is 5.32 Å². The highest BCUT2D eigenvalue weighted by Crippen LogP contribution is 2.30. The maximum Gasteiger partial charge on any atom is 0.255 e. The van der Waals surface area contributed by atoms with Crippen molar-refractivity contribution < 1.29 is 13.2 Å². The smallest absolute Gasteiger partial charge is 0.255 e. The average molecular weight is 467 g/mol. The largest absolute Gasteiger partial charge is 0.322 e. The second-order valence-electron chi connectivity index (χ2n) is 7.51. The first-order valence-electron chi connectivity index (χ1n) is 9.22. The minimum absolute atomic E-state index is 0.0278. The number of carbonyl (C=O) groups is 1. The summed E-state index contributed by atoms with van der Waals surface area (Å²) in [6.07, 6.45) is 0. The summed E-state index contributed by atoms with van der Waals surface area (Å²) >= 11 is 3.54. The second-order valence-corrected chi connectivity index (χ2v) is 10.3. The lowest BCUT2D eigenvalue weighted by molar-refractivity contribution is 0.102. The Morgan fingerprint density at radius 1 is 1.04 bits per heavy atom. The third-order valence-corrected chi connectivity index (χ3v) is 7.21. The summed E-state index contributed by atoms with van der Waals surface area (Å²) < 4.78 is 27.3. The zero-order valence-corrected chi connectivity index (χ0v) is 19.3. The van der Waals surface area contributed by atoms with Crippen molar-refractivity contribution in [2.45, 2.75) is 44.9 Å². The molecule has 152 valence electrons. The molecule has 0 aliphatic heterocycles. The Bertz CT molecular complexity index is 945. The zero-order valence-electron chi connectivity index (χ0n) is 16.9. The molecule has 0 unspecified atom stereocenters. The molecule has 2 aromatic rings. The third-order valence-electron chi connectivity index (χ3n) is 4.49. The zero-order chi connectivity index (χ0) is 21.1. The van der Waals surface area contributed by atoms with E-state index >= 15 is 0 Å². The first-order chi connectivity index (χ1) is 13.0. The Balaban J connectivity index is 2.19. The fraction of sp³-hybridized carbons (Fsp3) is 0.381. The highest BCUT2D eigenvalue weighted by Gasteiger charge is 2.22. The quantitative estimate of drug-likeness (QED) is 0.648. The summed E-state index contributed by atoms with van der Waals surface area (Å²) in [6.45, 7) is 10.8. The lowest BCUT2D eigenvalue weighted by Crippen LogP contribution is -2.30. The van der Waals surface area contributed by atoms with E-state index in [4.69, 9.17) is 0 Å². The van der Waals surface area contributed by atoms with Crippen LogP contribution in [0.4, 0.5) is 5.69 Å². The SMILES string of the molecule is CCN(CC)S(=O)(=O)c1ccc(NC(=O)c2ccc(C(C)(C)C)c(Br)c2)cc1. The molecule has 1 N–H and O–H groups in total. The Morgan fingerprint density at radius 3 is 2.07 bits per heavy atom. The molecule has 0 aliphatic carbocycles. The van der Waals surface area contributed by atoms with Crippen molar-refractivity contribution >= 4 is 37.5 Å². The van der Waals surface area contributed by atoms with E-state index in [9.17, 15) is 13.2 Å². The highest BCUT2D eigenvalue weighted by atomic mass is 79.9. The minimum Gasteiger partial charge on any atom is -0.322 e. The van der Waals surface area contributed by atoms with E-state index in [2.05, 4.69) is 42.0 Å². The molecule has 0 heterocycles. The summed E-state index contributed by atoms with van der Waals surface area (Å²) in [5.74, 6) is -0.250. The second kappa shape index (κ2) is 8.76. The van der Waals surface area contributed by atoms with Gasteiger partial charge in [0, 0.05) is 28.8 Å². The minimum atomic E-state index is -3.51. The van der Waals surface area contributed by atoms with E-state index in [0.717, 1.165) is 10.0 Å². The number of halogens is 1. The number of anilines is 1. The average Bonchev–Trinajstić information content (AvgIpc) is 2.61. The van der Waals surface area contributed by atoms with E-state index < -0.39 is 10.0 Å². The molecule has 2 aromatic carbocycles. The van der Waals surface area contributed by atoms with Crippen LogP contribution >= 0.6 is 15.9 Å². The molecular formula is C21H27BrN2O3S. The first kappa shape index (κ1) is 22.6. The highest BCUT2D eigenvalue weighted by molar-refractivity contribution is 9.10. The molecule has 0 aromatic heterocycles. The van der Waals surface area contributed by atoms with Gasteiger partial charge in [0.1, 0.15) is 0 Å². The van der Waals surface area contributed by atoms with Crippen molar-refractivity contribution in [2.75, 3.05) is 18.4 Å². The van der Waals surface area contributed by atoms with Crippen LogP contribution in [0, 0.1) is 0 Å². The number of nitrogens with zero attached hydrogens (tertiary/aromatic N) is 1. The summed E-state index contributed by atoms with van der Waals surface area (Å²) in [4.78, 5) is 12.8. The van der Waals surface area contributed by atoms with Crippen LogP contribution in [0.1, 0.15) is 50.5 Å². The van der Waals surface area contributed by atoms with Crippen LogP contribution in [0.3, 0.4) is 0 Å². The van der Waals surface area contributed by atoms with Crippen LogP contribution in [-0.4, -0.2) is 31.7 Å². The van der Waals surface area contributed by atoms with E-state index in [1.807, 2.05) is 6.07 Å². The van der Waals surface area contributed by atoms with E-state index in [1.54, 1.807) is 38.1 Å². The number of sulfonamides is 1. The van der Waals surface area contributed by atoms with Gasteiger partial charge in [-0.1, -0.05) is 56.6 Å². The molecule has 2 rings (SSSR count). The van der Waals surface area contributed by atoms with Crippen molar-refractivity contribution in [3.63, 3.8) is 0 Å². The van der Waals surface area contributed by atoms with Gasteiger partial charge in [-0.15, -0.1) is 0 Å². The summed E-state index contributed by atoms with van der Waals surface area (Å²) in [7, 11) is -3.51. The van der Waals surface area contributed by atoms with Crippen LogP contribution in [-0.2, 0) is 15.4 Å². The van der Waals surface area contributed by atoms with E-state index in [-0.39, 0.29) is 16.2 Å². The predicted octanol–water partition coefficient (Wildman–Crippen LogP) is 5.03. The Kier molecular flexibility index (Phi) is 7.07. The molecule has 0 saturated carbocycles. The number of benzene rings is 2. The number of carbonyl (C=O) groups excluding carboxylic acids is 1. The molecule has 0 bridgehead atoms. The molecule has 0 fully saturated rings. The van der Waals surface area contributed by atoms with Crippen LogP contribution in [0.2, 0.25) is 0 Å². The van der Waals surface area contributed by atoms with Crippen molar-refractivity contribution in [1.82, 2.24) is 4.31 Å². The van der Waals surface area contributed by atoms with Gasteiger partial charge in [0.15, 0.2) is 0 Å². The molecule has 7 heteroatoms. The fourth-order valence-corrected chi connectivity index (χ4v) is 5.32. The van der Waals surface area contributed by atoms with Gasteiger partial charge in [-0.25, -0.2) is 8.42 Å². The molecular weight excluding hydrogens is 440 g/mol. The maximum absolute atomic E-state index is 12.6. The molecule has 0 aliphatic rings. The number of hydrogen-bond donors (Lipinski definition) is 1. The number of hydrogen-bond acceptors (Lipinski definition) is 3. The Morgan fingerprint density at radius 2 is 1.61 bits per heavy atom. The first-order valence-corrected chi connectivity index (χ1v) is 11.5. The topological polar surface area (TPSA) is 66.5 Å². The van der Waals surface area contributed by atoms with Crippen molar-refractivity contribution in [3.8, 4) is 0 Å². The lowest BCUT2D eigenvalue weighted by atomic mass is 9.86. The molecule has 1 amide bonds. The maximum atomic E-state index is 12.6. The number of rotatable bonds is 6. The molecule has 0 spiro atoms. The van der Waals surface area contributed by atoms with E-state index in [1.165, 1.54) is 16.4 Å². The Labute approximate surface area is 176 Å². The summed E-state index contributed by atoms with van der Waals surface area (Å²) in [5.41, 5.74) is 2.16. The normalized spacial score (nSPS) is 12.2. The van der Waals surface area contributed by atoms with E-state index in [0.29, 0.717) is 24.3 Å². The fourth-order valence-electron chi connectivity index (χ4n) is 2.89. The molecule has 0 atom stereocenters. The van der Waals surface area contributed by atoms with Crippen molar-refractivity contribution in [2.24, 2.45) is 0 Å². The van der Waals surface area contributed by atoms with Gasteiger partial charge in [-0.05, 0) is 47.4 Å². The standard InChI is InChI=1S/C21H27BrN2O3S/c1-6-24(7-2)28(26,27)17-11-9-16(10-12-17)23-20(25)15-8-13-18(19(22)14-15)21(3,4)5/h8-14H,6-7H2,1-5H3,(H,23,25). The van der Waals surface area contributed by atoms with Gasteiger partial charge < -0.3 is 5.32 Å². The molecule has 5 nitrogen and oxygen atoms in total. The van der Waals surface area contributed by atoms with Crippen molar-refractivity contribution in [3.05, 3.63) is 58.1 Å². The predicted molar refractivity (Wildman–Crippen MR) is 117 cm³/mol. The van der Waals surface area contributed by atoms with Gasteiger partial charge in [0.2, 0.25) is 10.0 Å². The summed E-state index contributed by atoms with van der Waals surface area (Å²) in [6, 6.07) is 11.8. The van der Waals surface area contributed by atoms with Gasteiger partial charge in [-0.3, -0.25) is 4.79 Å². The monoisotopic (exact) mass is 466 g/mol. The van der Waals surface area contributed by atoms with Crippen LogP contribution in [0.25, 0.3) is 0 Å². The lowest BCUT2D eigenvalue weighted by Gasteiger charge is -2.21.